The number of rotatable bonds is 9. The second-order valence-corrected chi connectivity index (χ2v) is 9.21. The van der Waals surface area contributed by atoms with Crippen LogP contribution in [0.2, 0.25) is 0 Å². The monoisotopic (exact) mass is 411 g/mol. The van der Waals surface area contributed by atoms with Crippen molar-refractivity contribution >= 4 is 21.6 Å². The lowest BCUT2D eigenvalue weighted by Crippen LogP contribution is -2.49. The number of nitrogens with one attached hydrogen (secondary N) is 1. The van der Waals surface area contributed by atoms with E-state index < -0.39 is 16.1 Å². The lowest BCUT2D eigenvalue weighted by Gasteiger charge is -2.31. The number of hydrogen-bond acceptors (Lipinski definition) is 5. The predicted octanol–water partition coefficient (Wildman–Crippen LogP) is 1.69. The van der Waals surface area contributed by atoms with Crippen molar-refractivity contribution in [2.24, 2.45) is 0 Å². The highest BCUT2D eigenvalue weighted by molar-refractivity contribution is 7.92. The summed E-state index contributed by atoms with van der Waals surface area (Å²) in [7, 11) is -3.60. The average molecular weight is 412 g/mol. The van der Waals surface area contributed by atoms with Gasteiger partial charge in [-0.15, -0.1) is 0 Å². The quantitative estimate of drug-likeness (QED) is 0.626. The molecule has 28 heavy (non-hydrogen) atoms. The molecule has 0 radical (unpaired) electrons. The number of ether oxygens (including phenoxy) is 1. The summed E-state index contributed by atoms with van der Waals surface area (Å²) in [4.78, 5) is 15.1. The third-order valence-corrected chi connectivity index (χ3v) is 6.31. The van der Waals surface area contributed by atoms with E-state index in [4.69, 9.17) is 4.74 Å². The summed E-state index contributed by atoms with van der Waals surface area (Å²) in [5, 5.41) is 2.92. The van der Waals surface area contributed by atoms with Crippen molar-refractivity contribution in [2.75, 3.05) is 50.0 Å². The van der Waals surface area contributed by atoms with E-state index in [9.17, 15) is 13.2 Å². The molecule has 0 aromatic heterocycles. The Morgan fingerprint density at radius 3 is 2.50 bits per heavy atom. The number of morpholine rings is 1. The first-order valence-corrected chi connectivity index (χ1v) is 11.7. The predicted molar refractivity (Wildman–Crippen MR) is 112 cm³/mol. The molecule has 158 valence electrons. The highest BCUT2D eigenvalue weighted by Gasteiger charge is 2.31. The number of hydrogen-bond donors (Lipinski definition) is 1. The molecule has 0 bridgehead atoms. The van der Waals surface area contributed by atoms with E-state index in [1.54, 1.807) is 6.07 Å². The Morgan fingerprint density at radius 2 is 1.93 bits per heavy atom. The third-order valence-electron chi connectivity index (χ3n) is 5.13. The molecule has 1 heterocycles. The third kappa shape index (κ3) is 6.18. The first kappa shape index (κ1) is 22.6. The van der Waals surface area contributed by atoms with Gasteiger partial charge in [0.25, 0.3) is 0 Å². The summed E-state index contributed by atoms with van der Waals surface area (Å²) in [6.07, 6.45) is 2.37. The highest BCUT2D eigenvalue weighted by Crippen LogP contribution is 2.25. The summed E-state index contributed by atoms with van der Waals surface area (Å²) < 4.78 is 31.6. The van der Waals surface area contributed by atoms with Crippen LogP contribution in [0.5, 0.6) is 0 Å². The molecule has 1 fully saturated rings. The molecule has 1 amide bonds. The lowest BCUT2D eigenvalue weighted by molar-refractivity contribution is -0.122. The van der Waals surface area contributed by atoms with Crippen molar-refractivity contribution < 1.29 is 17.9 Å². The van der Waals surface area contributed by atoms with E-state index in [0.29, 0.717) is 18.7 Å². The summed E-state index contributed by atoms with van der Waals surface area (Å²) in [6.45, 7) is 10.5. The van der Waals surface area contributed by atoms with Gasteiger partial charge < -0.3 is 10.1 Å². The number of carbonyl (C=O) groups is 1. The van der Waals surface area contributed by atoms with E-state index in [1.165, 1.54) is 4.31 Å². The number of sulfonamides is 1. The molecule has 1 atom stereocenters. The molecule has 1 N–H and O–H groups in total. The fourth-order valence-electron chi connectivity index (χ4n) is 3.38. The number of amides is 1. The molecular weight excluding hydrogens is 378 g/mol. The SMILES string of the molecule is CC[C@@H](C(=O)NCCCN1CCOCC1)N(c1ccc(C)c(C)c1)S(C)(=O)=O. The Balaban J connectivity index is 2.03. The van der Waals surface area contributed by atoms with Crippen LogP contribution in [0.1, 0.15) is 30.9 Å². The summed E-state index contributed by atoms with van der Waals surface area (Å²) in [6, 6.07) is 4.71. The number of anilines is 1. The molecule has 7 nitrogen and oxygen atoms in total. The molecule has 0 saturated carbocycles. The van der Waals surface area contributed by atoms with Crippen molar-refractivity contribution in [3.8, 4) is 0 Å². The lowest BCUT2D eigenvalue weighted by atomic mass is 10.1. The van der Waals surface area contributed by atoms with Gasteiger partial charge in [0.05, 0.1) is 25.2 Å². The normalized spacial score (nSPS) is 16.6. The van der Waals surface area contributed by atoms with Crippen molar-refractivity contribution in [3.63, 3.8) is 0 Å². The van der Waals surface area contributed by atoms with Crippen LogP contribution in [0, 0.1) is 13.8 Å². The van der Waals surface area contributed by atoms with Crippen LogP contribution in [0.3, 0.4) is 0 Å². The molecule has 8 heteroatoms. The van der Waals surface area contributed by atoms with E-state index in [0.717, 1.165) is 56.7 Å². The molecule has 1 aliphatic rings. The van der Waals surface area contributed by atoms with Gasteiger partial charge in [0.15, 0.2) is 0 Å². The Bertz CT molecular complexity index is 761. The van der Waals surface area contributed by atoms with Crippen molar-refractivity contribution in [3.05, 3.63) is 29.3 Å². The van der Waals surface area contributed by atoms with Gasteiger partial charge in [-0.05, 0) is 56.5 Å². The number of benzene rings is 1. The van der Waals surface area contributed by atoms with Gasteiger partial charge in [-0.25, -0.2) is 8.42 Å². The molecule has 0 spiro atoms. The van der Waals surface area contributed by atoms with E-state index >= 15 is 0 Å². The minimum Gasteiger partial charge on any atom is -0.379 e. The largest absolute Gasteiger partial charge is 0.379 e. The molecule has 0 aliphatic carbocycles. The molecule has 1 saturated heterocycles. The number of aryl methyl sites for hydroxylation is 2. The minimum atomic E-state index is -3.60. The Kier molecular flexibility index (Phi) is 8.27. The highest BCUT2D eigenvalue weighted by atomic mass is 32.2. The van der Waals surface area contributed by atoms with Crippen LogP contribution in [0.15, 0.2) is 18.2 Å². The molecular formula is C20H33N3O4S. The maximum absolute atomic E-state index is 12.8. The van der Waals surface area contributed by atoms with E-state index in [2.05, 4.69) is 10.2 Å². The first-order valence-electron chi connectivity index (χ1n) is 9.88. The van der Waals surface area contributed by atoms with Crippen LogP contribution in [0.25, 0.3) is 0 Å². The van der Waals surface area contributed by atoms with Gasteiger partial charge in [0.1, 0.15) is 6.04 Å². The number of carbonyl (C=O) groups excluding carboxylic acids is 1. The van der Waals surface area contributed by atoms with E-state index in [-0.39, 0.29) is 5.91 Å². The maximum atomic E-state index is 12.8. The summed E-state index contributed by atoms with van der Waals surface area (Å²) in [5.74, 6) is -0.256. The molecule has 1 aromatic rings. The fourth-order valence-corrected chi connectivity index (χ4v) is 4.58. The standard InChI is InChI=1S/C20H33N3O4S/c1-5-19(20(24)21-9-6-10-22-11-13-27-14-12-22)23(28(4,25)26)18-8-7-16(2)17(3)15-18/h7-8,15,19H,5-6,9-14H2,1-4H3,(H,21,24)/t19-/m0/s1. The average Bonchev–Trinajstić information content (AvgIpc) is 2.65. The zero-order chi connectivity index (χ0) is 20.7. The molecule has 0 unspecified atom stereocenters. The van der Waals surface area contributed by atoms with Crippen LogP contribution in [0.4, 0.5) is 5.69 Å². The smallest absolute Gasteiger partial charge is 0.243 e. The zero-order valence-corrected chi connectivity index (χ0v) is 18.2. The Labute approximate surface area is 169 Å². The van der Waals surface area contributed by atoms with Gasteiger partial charge in [-0.3, -0.25) is 14.0 Å². The van der Waals surface area contributed by atoms with Crippen LogP contribution >= 0.6 is 0 Å². The topological polar surface area (TPSA) is 79.0 Å². The maximum Gasteiger partial charge on any atom is 0.243 e. The Hall–Kier alpha value is -1.64. The van der Waals surface area contributed by atoms with E-state index in [1.807, 2.05) is 32.9 Å². The second-order valence-electron chi connectivity index (χ2n) is 7.35. The van der Waals surface area contributed by atoms with Gasteiger partial charge in [0, 0.05) is 19.6 Å². The van der Waals surface area contributed by atoms with Crippen LogP contribution in [-0.4, -0.2) is 70.9 Å². The fraction of sp³-hybridized carbons (Fsp3) is 0.650. The second kappa shape index (κ2) is 10.2. The molecule has 1 aliphatic heterocycles. The number of nitrogens with zero attached hydrogens (tertiary/aromatic N) is 2. The zero-order valence-electron chi connectivity index (χ0n) is 17.4. The Morgan fingerprint density at radius 1 is 1.25 bits per heavy atom. The van der Waals surface area contributed by atoms with Crippen molar-refractivity contribution in [1.29, 1.82) is 0 Å². The van der Waals surface area contributed by atoms with Crippen molar-refractivity contribution in [1.82, 2.24) is 10.2 Å². The minimum absolute atomic E-state index is 0.256. The van der Waals surface area contributed by atoms with Crippen LogP contribution in [-0.2, 0) is 19.6 Å². The van der Waals surface area contributed by atoms with Gasteiger partial charge in [0.2, 0.25) is 15.9 Å². The molecule has 2 rings (SSSR count). The van der Waals surface area contributed by atoms with Gasteiger partial charge >= 0.3 is 0 Å². The summed E-state index contributed by atoms with van der Waals surface area (Å²) >= 11 is 0. The van der Waals surface area contributed by atoms with Crippen molar-refractivity contribution in [2.45, 2.75) is 39.7 Å². The van der Waals surface area contributed by atoms with Gasteiger partial charge in [-0.2, -0.15) is 0 Å². The molecule has 1 aromatic carbocycles. The van der Waals surface area contributed by atoms with Crippen LogP contribution < -0.4 is 9.62 Å². The first-order chi connectivity index (χ1) is 13.2. The summed E-state index contributed by atoms with van der Waals surface area (Å²) in [5.41, 5.74) is 2.60. The van der Waals surface area contributed by atoms with Gasteiger partial charge in [-0.1, -0.05) is 13.0 Å².